The number of halogens is 1. The monoisotopic (exact) mass is 380 g/mol. The highest BCUT2D eigenvalue weighted by Gasteiger charge is 2.07. The molecule has 27 heavy (non-hydrogen) atoms. The fourth-order valence-electron chi connectivity index (χ4n) is 2.56. The fourth-order valence-corrected chi connectivity index (χ4v) is 2.69. The maximum atomic E-state index is 12.2. The predicted molar refractivity (Wildman–Crippen MR) is 108 cm³/mol. The molecule has 3 aromatic rings. The van der Waals surface area contributed by atoms with Crippen molar-refractivity contribution in [1.29, 1.82) is 0 Å². The van der Waals surface area contributed by atoms with Gasteiger partial charge in [0.15, 0.2) is 0 Å². The van der Waals surface area contributed by atoms with Crippen LogP contribution >= 0.6 is 11.6 Å². The molecule has 0 radical (unpaired) electrons. The highest BCUT2D eigenvalue weighted by atomic mass is 35.5. The number of amides is 1. The topological polar surface area (TPSA) is 66.9 Å². The van der Waals surface area contributed by atoms with Crippen molar-refractivity contribution in [3.63, 3.8) is 0 Å². The third-order valence-electron chi connectivity index (χ3n) is 4.05. The summed E-state index contributed by atoms with van der Waals surface area (Å²) in [6.07, 6.45) is 5.04. The first kappa shape index (κ1) is 18.9. The Bertz CT molecular complexity index is 852. The van der Waals surface area contributed by atoms with Crippen molar-refractivity contribution >= 4 is 23.5 Å². The van der Waals surface area contributed by atoms with Gasteiger partial charge in [0.2, 0.25) is 5.95 Å². The van der Waals surface area contributed by atoms with E-state index >= 15 is 0 Å². The Hall–Kier alpha value is -2.92. The normalized spacial score (nSPS) is 10.4. The van der Waals surface area contributed by atoms with Gasteiger partial charge in [-0.15, -0.1) is 0 Å². The number of hydrogen-bond donors (Lipinski definition) is 2. The number of aromatic nitrogens is 2. The Morgan fingerprint density at radius 1 is 0.926 bits per heavy atom. The summed E-state index contributed by atoms with van der Waals surface area (Å²) in [5.74, 6) is 0.317. The van der Waals surface area contributed by atoms with E-state index in [4.69, 9.17) is 11.6 Å². The summed E-state index contributed by atoms with van der Waals surface area (Å²) >= 11 is 5.85. The molecule has 1 amide bonds. The summed E-state index contributed by atoms with van der Waals surface area (Å²) < 4.78 is 0. The zero-order valence-corrected chi connectivity index (χ0v) is 15.6. The van der Waals surface area contributed by atoms with Crippen molar-refractivity contribution in [2.75, 3.05) is 11.9 Å². The number of hydrogen-bond acceptors (Lipinski definition) is 4. The lowest BCUT2D eigenvalue weighted by Gasteiger charge is -2.07. The third kappa shape index (κ3) is 6.08. The van der Waals surface area contributed by atoms with E-state index in [9.17, 15) is 4.79 Å². The number of aryl methyl sites for hydroxylation is 1. The molecule has 6 heteroatoms. The van der Waals surface area contributed by atoms with Crippen LogP contribution in [0.5, 0.6) is 0 Å². The van der Waals surface area contributed by atoms with Gasteiger partial charge in [0.1, 0.15) is 0 Å². The molecule has 0 spiro atoms. The first-order valence-electron chi connectivity index (χ1n) is 8.83. The van der Waals surface area contributed by atoms with Crippen LogP contribution in [-0.2, 0) is 13.0 Å². The van der Waals surface area contributed by atoms with E-state index in [1.54, 1.807) is 12.1 Å². The van der Waals surface area contributed by atoms with E-state index in [-0.39, 0.29) is 5.91 Å². The minimum absolute atomic E-state index is 0.208. The SMILES string of the molecule is O=C(NCc1ccc(Cl)cc1)c1cnc(NCCCc2ccccc2)nc1. The van der Waals surface area contributed by atoms with Crippen molar-refractivity contribution in [2.24, 2.45) is 0 Å². The number of rotatable bonds is 8. The summed E-state index contributed by atoms with van der Waals surface area (Å²) in [5, 5.41) is 6.69. The van der Waals surface area contributed by atoms with Gasteiger partial charge in [-0.2, -0.15) is 0 Å². The second-order valence-corrected chi connectivity index (χ2v) is 6.56. The first-order valence-corrected chi connectivity index (χ1v) is 9.21. The van der Waals surface area contributed by atoms with Gasteiger partial charge in [0, 0.05) is 30.5 Å². The smallest absolute Gasteiger partial charge is 0.254 e. The zero-order valence-electron chi connectivity index (χ0n) is 14.9. The first-order chi connectivity index (χ1) is 13.2. The van der Waals surface area contributed by atoms with Crippen molar-refractivity contribution in [3.8, 4) is 0 Å². The molecule has 0 aliphatic rings. The molecule has 3 rings (SSSR count). The molecule has 0 saturated heterocycles. The quantitative estimate of drug-likeness (QED) is 0.577. The molecular formula is C21H21ClN4O. The Kier molecular flexibility index (Phi) is 6.77. The van der Waals surface area contributed by atoms with Gasteiger partial charge in [-0.25, -0.2) is 9.97 Å². The van der Waals surface area contributed by atoms with Crippen LogP contribution in [0.25, 0.3) is 0 Å². The third-order valence-corrected chi connectivity index (χ3v) is 4.30. The van der Waals surface area contributed by atoms with Crippen LogP contribution in [0.4, 0.5) is 5.95 Å². The Labute approximate surface area is 163 Å². The van der Waals surface area contributed by atoms with Gasteiger partial charge in [0.05, 0.1) is 5.56 Å². The summed E-state index contributed by atoms with van der Waals surface area (Å²) in [6.45, 7) is 1.20. The lowest BCUT2D eigenvalue weighted by molar-refractivity contribution is 0.0950. The molecule has 2 N–H and O–H groups in total. The minimum Gasteiger partial charge on any atom is -0.354 e. The molecule has 2 aromatic carbocycles. The average Bonchev–Trinajstić information content (AvgIpc) is 2.72. The zero-order chi connectivity index (χ0) is 18.9. The van der Waals surface area contributed by atoms with Gasteiger partial charge in [-0.3, -0.25) is 4.79 Å². The molecular weight excluding hydrogens is 360 g/mol. The van der Waals surface area contributed by atoms with E-state index in [2.05, 4.69) is 32.7 Å². The van der Waals surface area contributed by atoms with Crippen LogP contribution in [-0.4, -0.2) is 22.4 Å². The van der Waals surface area contributed by atoms with Crippen molar-refractivity contribution < 1.29 is 4.79 Å². The minimum atomic E-state index is -0.208. The molecule has 0 saturated carbocycles. The molecule has 0 bridgehead atoms. The number of nitrogens with one attached hydrogen (secondary N) is 2. The fraction of sp³-hybridized carbons (Fsp3) is 0.190. The maximum absolute atomic E-state index is 12.2. The van der Waals surface area contributed by atoms with E-state index in [1.165, 1.54) is 18.0 Å². The second-order valence-electron chi connectivity index (χ2n) is 6.12. The summed E-state index contributed by atoms with van der Waals surface area (Å²) in [5.41, 5.74) is 2.72. The van der Waals surface area contributed by atoms with Gasteiger partial charge >= 0.3 is 0 Å². The summed E-state index contributed by atoms with van der Waals surface area (Å²) in [6, 6.07) is 17.7. The van der Waals surface area contributed by atoms with Gasteiger partial charge in [0.25, 0.3) is 5.91 Å². The number of anilines is 1. The van der Waals surface area contributed by atoms with Crippen LogP contribution < -0.4 is 10.6 Å². The molecule has 0 unspecified atom stereocenters. The molecule has 0 aliphatic carbocycles. The summed E-state index contributed by atoms with van der Waals surface area (Å²) in [7, 11) is 0. The largest absolute Gasteiger partial charge is 0.354 e. The lowest BCUT2D eigenvalue weighted by atomic mass is 10.1. The predicted octanol–water partition coefficient (Wildman–Crippen LogP) is 4.10. The second kappa shape index (κ2) is 9.69. The van der Waals surface area contributed by atoms with Crippen LogP contribution in [0, 0.1) is 0 Å². The molecule has 0 atom stereocenters. The van der Waals surface area contributed by atoms with Crippen LogP contribution in [0.3, 0.4) is 0 Å². The Balaban J connectivity index is 1.42. The highest BCUT2D eigenvalue weighted by molar-refractivity contribution is 6.30. The van der Waals surface area contributed by atoms with Gasteiger partial charge in [-0.05, 0) is 36.1 Å². The summed E-state index contributed by atoms with van der Waals surface area (Å²) in [4.78, 5) is 20.6. The molecule has 5 nitrogen and oxygen atoms in total. The van der Waals surface area contributed by atoms with E-state index in [1.807, 2.05) is 30.3 Å². The Morgan fingerprint density at radius 2 is 1.63 bits per heavy atom. The van der Waals surface area contributed by atoms with Gasteiger partial charge < -0.3 is 10.6 Å². The van der Waals surface area contributed by atoms with E-state index in [0.717, 1.165) is 24.9 Å². The molecule has 1 aromatic heterocycles. The Morgan fingerprint density at radius 3 is 2.33 bits per heavy atom. The highest BCUT2D eigenvalue weighted by Crippen LogP contribution is 2.09. The lowest BCUT2D eigenvalue weighted by Crippen LogP contribution is -2.23. The number of nitrogens with zero attached hydrogens (tertiary/aromatic N) is 2. The van der Waals surface area contributed by atoms with Crippen LogP contribution in [0.2, 0.25) is 5.02 Å². The molecule has 138 valence electrons. The molecule has 1 heterocycles. The van der Waals surface area contributed by atoms with E-state index < -0.39 is 0 Å². The van der Waals surface area contributed by atoms with E-state index in [0.29, 0.717) is 23.1 Å². The van der Waals surface area contributed by atoms with Crippen molar-refractivity contribution in [3.05, 3.63) is 88.7 Å². The van der Waals surface area contributed by atoms with Crippen LogP contribution in [0.15, 0.2) is 67.0 Å². The molecule has 0 aliphatic heterocycles. The standard InChI is InChI=1S/C21H21ClN4O/c22-19-10-8-17(9-11-19)13-24-20(27)18-14-25-21(26-15-18)23-12-4-7-16-5-2-1-3-6-16/h1-3,5-6,8-11,14-15H,4,7,12-13H2,(H,24,27)(H,23,25,26). The average molecular weight is 381 g/mol. The van der Waals surface area contributed by atoms with Crippen molar-refractivity contribution in [2.45, 2.75) is 19.4 Å². The number of carbonyl (C=O) groups is 1. The van der Waals surface area contributed by atoms with Gasteiger partial charge in [-0.1, -0.05) is 54.1 Å². The van der Waals surface area contributed by atoms with Crippen LogP contribution in [0.1, 0.15) is 27.9 Å². The number of carbonyl (C=O) groups excluding carboxylic acids is 1. The number of benzene rings is 2. The van der Waals surface area contributed by atoms with Crippen molar-refractivity contribution in [1.82, 2.24) is 15.3 Å². The molecule has 0 fully saturated rings. The maximum Gasteiger partial charge on any atom is 0.254 e.